The summed E-state index contributed by atoms with van der Waals surface area (Å²) in [5.41, 5.74) is 1.27. The Labute approximate surface area is 149 Å². The fourth-order valence-electron chi connectivity index (χ4n) is 2.24. The van der Waals surface area contributed by atoms with Gasteiger partial charge in [-0.25, -0.2) is 4.68 Å². The van der Waals surface area contributed by atoms with Crippen molar-refractivity contribution in [2.75, 3.05) is 20.2 Å². The van der Waals surface area contributed by atoms with E-state index in [1.54, 1.807) is 42.3 Å². The fourth-order valence-corrected chi connectivity index (χ4v) is 2.43. The highest BCUT2D eigenvalue weighted by Crippen LogP contribution is 2.22. The summed E-state index contributed by atoms with van der Waals surface area (Å²) in [5, 5.41) is 11.6. The van der Waals surface area contributed by atoms with Gasteiger partial charge in [0.25, 0.3) is 5.91 Å². The number of hydrogen-bond acceptors (Lipinski definition) is 5. The van der Waals surface area contributed by atoms with Crippen LogP contribution in [0.3, 0.4) is 0 Å². The second kappa shape index (κ2) is 7.76. The first-order chi connectivity index (χ1) is 12.1. The van der Waals surface area contributed by atoms with Crippen LogP contribution in [0.15, 0.2) is 54.9 Å². The summed E-state index contributed by atoms with van der Waals surface area (Å²) in [5.74, 6) is 0.489. The number of tetrazole rings is 1. The normalized spacial score (nSPS) is 10.5. The van der Waals surface area contributed by atoms with Crippen molar-refractivity contribution in [3.8, 4) is 11.4 Å². The minimum Gasteiger partial charge on any atom is -0.490 e. The van der Waals surface area contributed by atoms with Crippen LogP contribution in [0.5, 0.6) is 5.75 Å². The molecule has 1 heterocycles. The average Bonchev–Trinajstić information content (AvgIpc) is 3.17. The molecule has 0 N–H and O–H groups in total. The Hall–Kier alpha value is -2.93. The molecular weight excluding hydrogens is 342 g/mol. The Balaban J connectivity index is 1.61. The number of carbonyl (C=O) groups excluding carboxylic acids is 1. The molecule has 0 unspecified atom stereocenters. The van der Waals surface area contributed by atoms with Crippen molar-refractivity contribution in [1.29, 1.82) is 0 Å². The number of aromatic nitrogens is 4. The molecule has 7 nitrogen and oxygen atoms in total. The highest BCUT2D eigenvalue weighted by atomic mass is 35.5. The Morgan fingerprint density at radius 3 is 2.84 bits per heavy atom. The molecule has 3 aromatic rings. The number of carbonyl (C=O) groups is 1. The highest BCUT2D eigenvalue weighted by molar-refractivity contribution is 6.32. The molecule has 0 spiro atoms. The Morgan fingerprint density at radius 2 is 2.08 bits per heavy atom. The van der Waals surface area contributed by atoms with E-state index in [2.05, 4.69) is 15.5 Å². The van der Waals surface area contributed by atoms with Gasteiger partial charge in [-0.15, -0.1) is 5.10 Å². The summed E-state index contributed by atoms with van der Waals surface area (Å²) in [6.45, 7) is 0.776. The summed E-state index contributed by atoms with van der Waals surface area (Å²) in [6, 6.07) is 14.3. The molecule has 0 bridgehead atoms. The van der Waals surface area contributed by atoms with Crippen molar-refractivity contribution in [3.05, 3.63) is 65.4 Å². The first-order valence-corrected chi connectivity index (χ1v) is 7.99. The summed E-state index contributed by atoms with van der Waals surface area (Å²) in [7, 11) is 1.72. The van der Waals surface area contributed by atoms with E-state index in [4.69, 9.17) is 16.3 Å². The van der Waals surface area contributed by atoms with Crippen LogP contribution < -0.4 is 4.74 Å². The lowest BCUT2D eigenvalue weighted by atomic mass is 10.2. The topological polar surface area (TPSA) is 73.1 Å². The molecule has 128 valence electrons. The number of para-hydroxylation sites is 1. The fraction of sp³-hybridized carbons (Fsp3) is 0.176. The van der Waals surface area contributed by atoms with Crippen molar-refractivity contribution in [2.45, 2.75) is 0 Å². The second-order valence-corrected chi connectivity index (χ2v) is 5.72. The minimum atomic E-state index is -0.113. The van der Waals surface area contributed by atoms with Gasteiger partial charge in [-0.2, -0.15) is 0 Å². The van der Waals surface area contributed by atoms with Gasteiger partial charge in [-0.05, 0) is 40.8 Å². The number of nitrogens with zero attached hydrogens (tertiary/aromatic N) is 5. The first kappa shape index (κ1) is 16.9. The lowest BCUT2D eigenvalue weighted by molar-refractivity contribution is 0.0774. The number of ether oxygens (including phenoxy) is 1. The SMILES string of the molecule is CN(CCOc1ccccc1Cl)C(=O)c1cccc(-n2cnnn2)c1. The molecule has 25 heavy (non-hydrogen) atoms. The predicted octanol–water partition coefficient (Wildman–Crippen LogP) is 2.47. The van der Waals surface area contributed by atoms with Gasteiger partial charge >= 0.3 is 0 Å². The summed E-state index contributed by atoms with van der Waals surface area (Å²) < 4.78 is 7.12. The second-order valence-electron chi connectivity index (χ2n) is 5.31. The molecular formula is C17H16ClN5O2. The lowest BCUT2D eigenvalue weighted by Crippen LogP contribution is -2.31. The molecule has 0 radical (unpaired) electrons. The van der Waals surface area contributed by atoms with E-state index in [1.807, 2.05) is 18.2 Å². The molecule has 0 saturated carbocycles. The smallest absolute Gasteiger partial charge is 0.253 e. The average molecular weight is 358 g/mol. The number of benzene rings is 2. The van der Waals surface area contributed by atoms with Crippen molar-refractivity contribution in [2.24, 2.45) is 0 Å². The summed E-state index contributed by atoms with van der Waals surface area (Å²) in [4.78, 5) is 14.2. The van der Waals surface area contributed by atoms with Gasteiger partial charge in [0.1, 0.15) is 18.7 Å². The number of halogens is 1. The molecule has 3 rings (SSSR count). The monoisotopic (exact) mass is 357 g/mol. The lowest BCUT2D eigenvalue weighted by Gasteiger charge is -2.18. The van der Waals surface area contributed by atoms with Crippen LogP contribution in [0.25, 0.3) is 5.69 Å². The number of amides is 1. The Bertz CT molecular complexity index is 854. The Kier molecular flexibility index (Phi) is 5.25. The maximum absolute atomic E-state index is 12.6. The van der Waals surface area contributed by atoms with Gasteiger partial charge in [0.15, 0.2) is 0 Å². The van der Waals surface area contributed by atoms with Crippen molar-refractivity contribution in [3.63, 3.8) is 0 Å². The van der Waals surface area contributed by atoms with Gasteiger partial charge in [-0.1, -0.05) is 29.8 Å². The van der Waals surface area contributed by atoms with Gasteiger partial charge < -0.3 is 9.64 Å². The molecule has 0 saturated heterocycles. The zero-order valence-electron chi connectivity index (χ0n) is 13.5. The van der Waals surface area contributed by atoms with Crippen LogP contribution in [0.1, 0.15) is 10.4 Å². The standard InChI is InChI=1S/C17H16ClN5O2/c1-22(9-10-25-16-8-3-2-7-15(16)18)17(24)13-5-4-6-14(11-13)23-12-19-20-21-23/h2-8,11-12H,9-10H2,1H3. The van der Waals surface area contributed by atoms with Gasteiger partial charge in [0.05, 0.1) is 17.3 Å². The molecule has 0 fully saturated rings. The van der Waals surface area contributed by atoms with Gasteiger partial charge in [0, 0.05) is 12.6 Å². The molecule has 1 aromatic heterocycles. The summed E-state index contributed by atoms with van der Waals surface area (Å²) >= 11 is 6.04. The van der Waals surface area contributed by atoms with Crippen molar-refractivity contribution < 1.29 is 9.53 Å². The predicted molar refractivity (Wildman–Crippen MR) is 93.1 cm³/mol. The number of likely N-dealkylation sites (N-methyl/N-ethyl adjacent to an activating group) is 1. The van der Waals surface area contributed by atoms with Crippen LogP contribution >= 0.6 is 11.6 Å². The zero-order chi connectivity index (χ0) is 17.6. The van der Waals surface area contributed by atoms with E-state index in [0.717, 1.165) is 5.69 Å². The van der Waals surface area contributed by atoms with E-state index < -0.39 is 0 Å². The maximum Gasteiger partial charge on any atom is 0.253 e. The third kappa shape index (κ3) is 4.13. The molecule has 0 aliphatic heterocycles. The van der Waals surface area contributed by atoms with Crippen molar-refractivity contribution in [1.82, 2.24) is 25.1 Å². The van der Waals surface area contributed by atoms with E-state index in [-0.39, 0.29) is 5.91 Å². The molecule has 0 aliphatic rings. The largest absolute Gasteiger partial charge is 0.490 e. The maximum atomic E-state index is 12.6. The minimum absolute atomic E-state index is 0.113. The first-order valence-electron chi connectivity index (χ1n) is 7.61. The Morgan fingerprint density at radius 1 is 1.24 bits per heavy atom. The van der Waals surface area contributed by atoms with E-state index in [0.29, 0.717) is 29.5 Å². The van der Waals surface area contributed by atoms with E-state index >= 15 is 0 Å². The molecule has 8 heteroatoms. The number of hydrogen-bond donors (Lipinski definition) is 0. The zero-order valence-corrected chi connectivity index (χ0v) is 14.3. The third-order valence-corrected chi connectivity index (χ3v) is 3.89. The van der Waals surface area contributed by atoms with Crippen LogP contribution in [-0.2, 0) is 0 Å². The molecule has 0 atom stereocenters. The van der Waals surface area contributed by atoms with Crippen LogP contribution in [0.4, 0.5) is 0 Å². The van der Waals surface area contributed by atoms with Crippen LogP contribution in [0, 0.1) is 0 Å². The van der Waals surface area contributed by atoms with Crippen LogP contribution in [-0.4, -0.2) is 51.2 Å². The summed E-state index contributed by atoms with van der Waals surface area (Å²) in [6.07, 6.45) is 1.48. The van der Waals surface area contributed by atoms with E-state index in [9.17, 15) is 4.79 Å². The van der Waals surface area contributed by atoms with Gasteiger partial charge in [-0.3, -0.25) is 4.79 Å². The number of rotatable bonds is 6. The third-order valence-electron chi connectivity index (χ3n) is 3.57. The van der Waals surface area contributed by atoms with Crippen LogP contribution in [0.2, 0.25) is 5.02 Å². The van der Waals surface area contributed by atoms with Crippen molar-refractivity contribution >= 4 is 17.5 Å². The highest BCUT2D eigenvalue weighted by Gasteiger charge is 2.13. The quantitative estimate of drug-likeness (QED) is 0.677. The molecule has 0 aliphatic carbocycles. The molecule has 1 amide bonds. The van der Waals surface area contributed by atoms with E-state index in [1.165, 1.54) is 11.0 Å². The molecule has 2 aromatic carbocycles. The van der Waals surface area contributed by atoms with Gasteiger partial charge in [0.2, 0.25) is 0 Å².